The molecule has 3 heterocycles. The number of morpholine rings is 1. The molecule has 0 saturated carbocycles. The lowest BCUT2D eigenvalue weighted by Crippen LogP contribution is -2.46. The quantitative estimate of drug-likeness (QED) is 0.803. The first-order valence-corrected chi connectivity index (χ1v) is 9.78. The lowest BCUT2D eigenvalue weighted by atomic mass is 10.0. The van der Waals surface area contributed by atoms with Crippen LogP contribution in [0.1, 0.15) is 30.9 Å². The van der Waals surface area contributed by atoms with Gasteiger partial charge in [0.1, 0.15) is 12.7 Å². The van der Waals surface area contributed by atoms with Gasteiger partial charge in [-0.15, -0.1) is 10.2 Å². The van der Waals surface area contributed by atoms with Crippen LogP contribution in [-0.2, 0) is 16.1 Å². The molecule has 7 nitrogen and oxygen atoms in total. The number of hydrogen-bond acceptors (Lipinski definition) is 5. The number of likely N-dealkylation sites (tertiary alicyclic amines) is 1. The molecule has 27 heavy (non-hydrogen) atoms. The average molecular weight is 369 g/mol. The monoisotopic (exact) mass is 369 g/mol. The summed E-state index contributed by atoms with van der Waals surface area (Å²) in [5.41, 5.74) is 1.31. The minimum absolute atomic E-state index is 0.00876. The van der Waals surface area contributed by atoms with E-state index in [1.165, 1.54) is 5.56 Å². The fraction of sp³-hybridized carbons (Fsp3) is 0.550. The standard InChI is InChI=1S/C20H27N5O2/c26-20(24-8-6-18(7-9-24)25-15-21-22-16-25)12-19-14-23(10-11-27-19)13-17-4-2-1-3-5-17/h1-5,15-16,18-19H,6-14H2/t19-/m0/s1. The van der Waals surface area contributed by atoms with Crippen molar-refractivity contribution in [1.29, 1.82) is 0 Å². The summed E-state index contributed by atoms with van der Waals surface area (Å²) in [6, 6.07) is 10.9. The summed E-state index contributed by atoms with van der Waals surface area (Å²) in [6.45, 7) is 4.94. The topological polar surface area (TPSA) is 63.5 Å². The number of aromatic nitrogens is 3. The Morgan fingerprint density at radius 1 is 1.07 bits per heavy atom. The number of amides is 1. The fourth-order valence-electron chi connectivity index (χ4n) is 4.02. The molecular weight excluding hydrogens is 342 g/mol. The van der Waals surface area contributed by atoms with Crippen molar-refractivity contribution < 1.29 is 9.53 Å². The highest BCUT2D eigenvalue weighted by Gasteiger charge is 2.28. The second kappa shape index (κ2) is 8.63. The largest absolute Gasteiger partial charge is 0.375 e. The minimum Gasteiger partial charge on any atom is -0.375 e. The van der Waals surface area contributed by atoms with Crippen molar-refractivity contribution in [1.82, 2.24) is 24.6 Å². The van der Waals surface area contributed by atoms with E-state index in [0.29, 0.717) is 19.1 Å². The van der Waals surface area contributed by atoms with E-state index in [2.05, 4.69) is 39.4 Å². The summed E-state index contributed by atoms with van der Waals surface area (Å²) in [4.78, 5) is 17.1. The third-order valence-electron chi connectivity index (χ3n) is 5.55. The van der Waals surface area contributed by atoms with Gasteiger partial charge in [0.15, 0.2) is 0 Å². The van der Waals surface area contributed by atoms with Gasteiger partial charge in [0.25, 0.3) is 0 Å². The molecule has 0 spiro atoms. The summed E-state index contributed by atoms with van der Waals surface area (Å²) < 4.78 is 7.93. The van der Waals surface area contributed by atoms with Crippen LogP contribution in [0.3, 0.4) is 0 Å². The molecule has 1 aromatic carbocycles. The molecule has 4 rings (SSSR count). The maximum absolute atomic E-state index is 12.7. The number of rotatable bonds is 5. The lowest BCUT2D eigenvalue weighted by Gasteiger charge is -2.36. The predicted octanol–water partition coefficient (Wildman–Crippen LogP) is 1.73. The molecule has 2 saturated heterocycles. The molecule has 0 unspecified atom stereocenters. The highest BCUT2D eigenvalue weighted by molar-refractivity contribution is 5.76. The number of carbonyl (C=O) groups is 1. The second-order valence-electron chi connectivity index (χ2n) is 7.44. The first-order chi connectivity index (χ1) is 13.3. The Hall–Kier alpha value is -2.25. The van der Waals surface area contributed by atoms with Crippen LogP contribution in [0.4, 0.5) is 0 Å². The third kappa shape index (κ3) is 4.73. The van der Waals surface area contributed by atoms with E-state index in [4.69, 9.17) is 4.74 Å². The van der Waals surface area contributed by atoms with Crippen molar-refractivity contribution in [3.63, 3.8) is 0 Å². The van der Waals surface area contributed by atoms with Crippen LogP contribution >= 0.6 is 0 Å². The Morgan fingerprint density at radius 2 is 1.81 bits per heavy atom. The first-order valence-electron chi connectivity index (χ1n) is 9.78. The molecule has 1 atom stereocenters. The molecule has 2 aliphatic rings. The van der Waals surface area contributed by atoms with Crippen molar-refractivity contribution >= 4 is 5.91 Å². The SMILES string of the molecule is O=C(C[C@H]1CN(Cc2ccccc2)CCO1)N1CCC(n2cnnc2)CC1. The van der Waals surface area contributed by atoms with Crippen molar-refractivity contribution in [2.45, 2.75) is 38.0 Å². The molecule has 1 amide bonds. The van der Waals surface area contributed by atoms with Crippen LogP contribution < -0.4 is 0 Å². The van der Waals surface area contributed by atoms with Crippen molar-refractivity contribution in [3.8, 4) is 0 Å². The molecule has 0 bridgehead atoms. The van der Waals surface area contributed by atoms with E-state index in [1.54, 1.807) is 12.7 Å². The molecule has 0 aliphatic carbocycles. The first kappa shape index (κ1) is 18.1. The molecule has 2 aliphatic heterocycles. The Balaban J connectivity index is 1.24. The van der Waals surface area contributed by atoms with E-state index < -0.39 is 0 Å². The molecule has 2 fully saturated rings. The second-order valence-corrected chi connectivity index (χ2v) is 7.44. The Bertz CT molecular complexity index is 713. The van der Waals surface area contributed by atoms with Gasteiger partial charge in [0.05, 0.1) is 19.1 Å². The van der Waals surface area contributed by atoms with E-state index in [0.717, 1.165) is 45.6 Å². The van der Waals surface area contributed by atoms with Crippen LogP contribution in [0.15, 0.2) is 43.0 Å². The van der Waals surface area contributed by atoms with Crippen LogP contribution in [0.5, 0.6) is 0 Å². The molecule has 0 radical (unpaired) electrons. The van der Waals surface area contributed by atoms with E-state index in [-0.39, 0.29) is 12.0 Å². The minimum atomic E-state index is -0.00876. The maximum atomic E-state index is 12.7. The summed E-state index contributed by atoms with van der Waals surface area (Å²) in [5, 5.41) is 7.75. The Labute approximate surface area is 159 Å². The number of nitrogens with zero attached hydrogens (tertiary/aromatic N) is 5. The van der Waals surface area contributed by atoms with Crippen LogP contribution in [0.2, 0.25) is 0 Å². The highest BCUT2D eigenvalue weighted by atomic mass is 16.5. The third-order valence-corrected chi connectivity index (χ3v) is 5.55. The summed E-state index contributed by atoms with van der Waals surface area (Å²) in [5.74, 6) is 0.212. The molecular formula is C20H27N5O2. The zero-order valence-corrected chi connectivity index (χ0v) is 15.6. The van der Waals surface area contributed by atoms with Gasteiger partial charge >= 0.3 is 0 Å². The van der Waals surface area contributed by atoms with Gasteiger partial charge < -0.3 is 14.2 Å². The summed E-state index contributed by atoms with van der Waals surface area (Å²) in [7, 11) is 0. The van der Waals surface area contributed by atoms with Gasteiger partial charge in [0, 0.05) is 38.8 Å². The Morgan fingerprint density at radius 3 is 2.56 bits per heavy atom. The number of carbonyl (C=O) groups excluding carboxylic acids is 1. The Kier molecular flexibility index (Phi) is 5.79. The van der Waals surface area contributed by atoms with Gasteiger partial charge in [-0.3, -0.25) is 9.69 Å². The molecule has 2 aromatic rings. The number of hydrogen-bond donors (Lipinski definition) is 0. The maximum Gasteiger partial charge on any atom is 0.225 e. The predicted molar refractivity (Wildman–Crippen MR) is 101 cm³/mol. The van der Waals surface area contributed by atoms with Gasteiger partial charge in [-0.1, -0.05) is 30.3 Å². The van der Waals surface area contributed by atoms with Crippen molar-refractivity contribution in [3.05, 3.63) is 48.5 Å². The lowest BCUT2D eigenvalue weighted by molar-refractivity contribution is -0.137. The molecule has 7 heteroatoms. The fourth-order valence-corrected chi connectivity index (χ4v) is 4.02. The number of benzene rings is 1. The van der Waals surface area contributed by atoms with Gasteiger partial charge in [-0.2, -0.15) is 0 Å². The summed E-state index contributed by atoms with van der Waals surface area (Å²) in [6.07, 6.45) is 5.90. The molecule has 1 aromatic heterocycles. The highest BCUT2D eigenvalue weighted by Crippen LogP contribution is 2.23. The van der Waals surface area contributed by atoms with Crippen molar-refractivity contribution in [2.24, 2.45) is 0 Å². The number of ether oxygens (including phenoxy) is 1. The van der Waals surface area contributed by atoms with E-state index in [9.17, 15) is 4.79 Å². The van der Waals surface area contributed by atoms with Crippen molar-refractivity contribution in [2.75, 3.05) is 32.8 Å². The van der Waals surface area contributed by atoms with Crippen LogP contribution in [0, 0.1) is 0 Å². The normalized spacial score (nSPS) is 22.1. The number of piperidine rings is 1. The van der Waals surface area contributed by atoms with Crippen LogP contribution in [0.25, 0.3) is 0 Å². The van der Waals surface area contributed by atoms with E-state index in [1.807, 2.05) is 15.5 Å². The molecule has 144 valence electrons. The average Bonchev–Trinajstić information content (AvgIpc) is 3.24. The zero-order valence-electron chi connectivity index (χ0n) is 15.6. The summed E-state index contributed by atoms with van der Waals surface area (Å²) >= 11 is 0. The molecule has 0 N–H and O–H groups in total. The van der Waals surface area contributed by atoms with Crippen LogP contribution in [-0.4, -0.2) is 69.4 Å². The van der Waals surface area contributed by atoms with Gasteiger partial charge in [-0.25, -0.2) is 0 Å². The van der Waals surface area contributed by atoms with Gasteiger partial charge in [-0.05, 0) is 18.4 Å². The zero-order chi connectivity index (χ0) is 18.5. The smallest absolute Gasteiger partial charge is 0.225 e. The van der Waals surface area contributed by atoms with Gasteiger partial charge in [0.2, 0.25) is 5.91 Å². The van der Waals surface area contributed by atoms with E-state index >= 15 is 0 Å².